The Morgan fingerprint density at radius 3 is 2.68 bits per heavy atom. The van der Waals surface area contributed by atoms with E-state index >= 15 is 0 Å². The topological polar surface area (TPSA) is 131 Å². The van der Waals surface area contributed by atoms with Gasteiger partial charge in [0.25, 0.3) is 0 Å². The maximum absolute atomic E-state index is 11.9. The number of anilines is 1. The van der Waals surface area contributed by atoms with Gasteiger partial charge in [-0.2, -0.15) is 0 Å². The van der Waals surface area contributed by atoms with Crippen LogP contribution in [0.5, 0.6) is 6.01 Å². The summed E-state index contributed by atoms with van der Waals surface area (Å²) in [6.07, 6.45) is 8.46. The quantitative estimate of drug-likeness (QED) is 0.346. The van der Waals surface area contributed by atoms with Crippen molar-refractivity contribution in [1.82, 2.24) is 34.8 Å². The van der Waals surface area contributed by atoms with E-state index in [0.717, 1.165) is 49.2 Å². The zero-order valence-corrected chi connectivity index (χ0v) is 21.8. The number of aromatic nitrogens is 6. The molecule has 0 radical (unpaired) electrons. The molecule has 0 aliphatic carbocycles. The molecule has 1 unspecified atom stereocenters. The van der Waals surface area contributed by atoms with Gasteiger partial charge >= 0.3 is 12.1 Å². The average molecular weight is 517 g/mol. The Kier molecular flexibility index (Phi) is 7.73. The first-order valence-corrected chi connectivity index (χ1v) is 12.9. The average Bonchev–Trinajstić information content (AvgIpc) is 3.31. The number of fused-ring (bicyclic) bond motifs is 1. The number of nitrogens with zero attached hydrogens (tertiary/aromatic N) is 6. The summed E-state index contributed by atoms with van der Waals surface area (Å²) in [6, 6.07) is 5.98. The molecule has 1 aliphatic rings. The molecule has 1 saturated heterocycles. The van der Waals surface area contributed by atoms with Crippen LogP contribution in [0.25, 0.3) is 33.5 Å². The van der Waals surface area contributed by atoms with Gasteiger partial charge in [-0.15, -0.1) is 0 Å². The van der Waals surface area contributed by atoms with Crippen molar-refractivity contribution < 1.29 is 14.3 Å². The third-order valence-corrected chi connectivity index (χ3v) is 6.21. The van der Waals surface area contributed by atoms with Crippen molar-refractivity contribution in [2.45, 2.75) is 39.7 Å². The third kappa shape index (κ3) is 6.05. The summed E-state index contributed by atoms with van der Waals surface area (Å²) >= 11 is 0. The number of amides is 1. The van der Waals surface area contributed by atoms with Crippen LogP contribution in [0.4, 0.5) is 10.7 Å². The Morgan fingerprint density at radius 1 is 1.16 bits per heavy atom. The second kappa shape index (κ2) is 11.5. The molecule has 11 nitrogen and oxygen atoms in total. The number of imidazole rings is 1. The van der Waals surface area contributed by atoms with Gasteiger partial charge in [-0.05, 0) is 56.0 Å². The molecule has 1 aliphatic heterocycles. The second-order valence-corrected chi connectivity index (χ2v) is 9.71. The highest BCUT2D eigenvalue weighted by molar-refractivity contribution is 5.96. The standard InChI is InChI=1S/C27H32N8O3/c1-4-37-27(36)34-25-32-22-12-18(11-21(23(22)33-25)24-28-8-6-9-29-24)19-13-30-26(31-14-19)38-20-7-5-10-35(16-20)15-17(2)3/h6,8-9,11-14,17,20H,4-5,7,10,15-16H2,1-3H3,(H2,32,33,34,36). The number of carbonyl (C=O) groups excluding carboxylic acids is 1. The van der Waals surface area contributed by atoms with Gasteiger partial charge in [-0.3, -0.25) is 10.2 Å². The first kappa shape index (κ1) is 25.5. The fraction of sp³-hybridized carbons (Fsp3) is 0.407. The molecule has 4 heterocycles. The van der Waals surface area contributed by atoms with Gasteiger partial charge in [0.2, 0.25) is 5.95 Å². The van der Waals surface area contributed by atoms with Gasteiger partial charge in [0.1, 0.15) is 6.10 Å². The van der Waals surface area contributed by atoms with Crippen molar-refractivity contribution in [3.05, 3.63) is 43.0 Å². The second-order valence-electron chi connectivity index (χ2n) is 9.71. The molecule has 3 aromatic heterocycles. The molecule has 1 atom stereocenters. The van der Waals surface area contributed by atoms with Crippen LogP contribution in [0.3, 0.4) is 0 Å². The van der Waals surface area contributed by atoms with Gasteiger partial charge < -0.3 is 14.5 Å². The molecular weight excluding hydrogens is 484 g/mol. The largest absolute Gasteiger partial charge is 0.459 e. The van der Waals surface area contributed by atoms with Gasteiger partial charge in [0, 0.05) is 49.0 Å². The van der Waals surface area contributed by atoms with Gasteiger partial charge in [0.05, 0.1) is 17.6 Å². The predicted octanol–water partition coefficient (Wildman–Crippen LogP) is 4.54. The van der Waals surface area contributed by atoms with Crippen LogP contribution in [0.15, 0.2) is 43.0 Å². The fourth-order valence-electron chi connectivity index (χ4n) is 4.68. The highest BCUT2D eigenvalue weighted by Gasteiger charge is 2.23. The smallest absolute Gasteiger partial charge is 0.413 e. The number of hydrogen-bond donors (Lipinski definition) is 2. The lowest BCUT2D eigenvalue weighted by Crippen LogP contribution is -2.42. The van der Waals surface area contributed by atoms with E-state index < -0.39 is 6.09 Å². The number of ether oxygens (including phenoxy) is 2. The lowest BCUT2D eigenvalue weighted by molar-refractivity contribution is 0.0748. The van der Waals surface area contributed by atoms with E-state index in [-0.39, 0.29) is 18.7 Å². The maximum atomic E-state index is 11.9. The van der Waals surface area contributed by atoms with Crippen LogP contribution in [0, 0.1) is 5.92 Å². The Labute approximate surface area is 221 Å². The molecule has 1 fully saturated rings. The Morgan fingerprint density at radius 2 is 1.95 bits per heavy atom. The van der Waals surface area contributed by atoms with Gasteiger partial charge in [-0.1, -0.05) is 13.8 Å². The van der Waals surface area contributed by atoms with Crippen LogP contribution in [0.2, 0.25) is 0 Å². The number of piperidine rings is 1. The first-order chi connectivity index (χ1) is 18.5. The van der Waals surface area contributed by atoms with Crippen LogP contribution in [0.1, 0.15) is 33.6 Å². The van der Waals surface area contributed by atoms with E-state index in [4.69, 9.17) is 9.47 Å². The van der Waals surface area contributed by atoms with E-state index in [0.29, 0.717) is 28.8 Å². The van der Waals surface area contributed by atoms with Crippen molar-refractivity contribution in [2.75, 3.05) is 31.6 Å². The van der Waals surface area contributed by atoms with Crippen LogP contribution < -0.4 is 10.1 Å². The van der Waals surface area contributed by atoms with E-state index in [1.807, 2.05) is 12.1 Å². The summed E-state index contributed by atoms with van der Waals surface area (Å²) in [5.41, 5.74) is 3.68. The minimum absolute atomic E-state index is 0.0842. The number of H-pyrrole nitrogens is 1. The molecule has 5 rings (SSSR count). The zero-order valence-electron chi connectivity index (χ0n) is 21.8. The molecule has 0 saturated carbocycles. The van der Waals surface area contributed by atoms with Crippen molar-refractivity contribution in [1.29, 1.82) is 0 Å². The fourth-order valence-corrected chi connectivity index (χ4v) is 4.68. The van der Waals surface area contributed by atoms with E-state index in [9.17, 15) is 4.79 Å². The van der Waals surface area contributed by atoms with Crippen LogP contribution in [-0.2, 0) is 4.74 Å². The molecule has 0 bridgehead atoms. The SMILES string of the molecule is CCOC(=O)Nc1nc2cc(-c3cnc(OC4CCCN(CC(C)C)C4)nc3)cc(-c3ncccn3)c2[nH]1. The van der Waals surface area contributed by atoms with E-state index in [2.05, 4.69) is 54.0 Å². The predicted molar refractivity (Wildman–Crippen MR) is 144 cm³/mol. The van der Waals surface area contributed by atoms with Crippen molar-refractivity contribution in [2.24, 2.45) is 5.92 Å². The molecule has 4 aromatic rings. The summed E-state index contributed by atoms with van der Waals surface area (Å²) in [4.78, 5) is 39.9. The normalized spacial score (nSPS) is 16.1. The molecule has 1 aromatic carbocycles. The number of likely N-dealkylation sites (tertiary alicyclic amines) is 1. The molecular formula is C27H32N8O3. The number of carbonyl (C=O) groups is 1. The molecule has 38 heavy (non-hydrogen) atoms. The molecule has 198 valence electrons. The maximum Gasteiger partial charge on any atom is 0.413 e. The highest BCUT2D eigenvalue weighted by atomic mass is 16.5. The van der Waals surface area contributed by atoms with Crippen molar-refractivity contribution >= 4 is 23.1 Å². The zero-order chi connectivity index (χ0) is 26.5. The molecule has 2 N–H and O–H groups in total. The number of benzene rings is 1. The minimum atomic E-state index is -0.585. The van der Waals surface area contributed by atoms with Gasteiger partial charge in [0.15, 0.2) is 5.82 Å². The Balaban J connectivity index is 1.40. The number of aromatic amines is 1. The van der Waals surface area contributed by atoms with E-state index in [1.54, 1.807) is 37.8 Å². The summed E-state index contributed by atoms with van der Waals surface area (Å²) in [6.45, 7) is 9.54. The molecule has 1 amide bonds. The minimum Gasteiger partial charge on any atom is -0.459 e. The van der Waals surface area contributed by atoms with Crippen molar-refractivity contribution in [3.8, 4) is 28.5 Å². The Bertz CT molecular complexity index is 1370. The lowest BCUT2D eigenvalue weighted by atomic mass is 10.0. The third-order valence-electron chi connectivity index (χ3n) is 6.21. The number of nitrogens with one attached hydrogen (secondary N) is 2. The summed E-state index contributed by atoms with van der Waals surface area (Å²) < 4.78 is 11.1. The number of rotatable bonds is 8. The molecule has 11 heteroatoms. The highest BCUT2D eigenvalue weighted by Crippen LogP contribution is 2.32. The summed E-state index contributed by atoms with van der Waals surface area (Å²) in [5.74, 6) is 1.42. The number of hydrogen-bond acceptors (Lipinski definition) is 9. The monoisotopic (exact) mass is 516 g/mol. The first-order valence-electron chi connectivity index (χ1n) is 12.9. The van der Waals surface area contributed by atoms with Crippen molar-refractivity contribution in [3.63, 3.8) is 0 Å². The van der Waals surface area contributed by atoms with E-state index in [1.165, 1.54) is 0 Å². The summed E-state index contributed by atoms with van der Waals surface area (Å²) in [7, 11) is 0. The lowest BCUT2D eigenvalue weighted by Gasteiger charge is -2.33. The van der Waals surface area contributed by atoms with Crippen LogP contribution >= 0.6 is 0 Å². The summed E-state index contributed by atoms with van der Waals surface area (Å²) in [5, 5.41) is 2.62. The molecule has 0 spiro atoms. The van der Waals surface area contributed by atoms with Crippen LogP contribution in [-0.4, -0.2) is 73.2 Å². The van der Waals surface area contributed by atoms with Gasteiger partial charge in [-0.25, -0.2) is 29.7 Å². The Hall–Kier alpha value is -4.12.